The summed E-state index contributed by atoms with van der Waals surface area (Å²) < 4.78 is 34.2. The van der Waals surface area contributed by atoms with Crippen molar-refractivity contribution in [2.24, 2.45) is 0 Å². The highest BCUT2D eigenvalue weighted by Crippen LogP contribution is 2.34. The summed E-state index contributed by atoms with van der Waals surface area (Å²) in [5.41, 5.74) is 0.475. The maximum atomic E-state index is 13.8. The van der Waals surface area contributed by atoms with E-state index in [1.165, 1.54) is 26.8 Å². The van der Waals surface area contributed by atoms with Crippen molar-refractivity contribution in [3.8, 4) is 0 Å². The number of amides is 1. The van der Waals surface area contributed by atoms with E-state index in [0.29, 0.717) is 28.5 Å². The number of benzene rings is 1. The number of nitrogens with one attached hydrogen (secondary N) is 1. The minimum Gasteiger partial charge on any atom is -0.383 e. The van der Waals surface area contributed by atoms with Crippen LogP contribution in [-0.4, -0.2) is 34.9 Å². The van der Waals surface area contributed by atoms with Gasteiger partial charge in [0.1, 0.15) is 22.2 Å². The Labute approximate surface area is 185 Å². The van der Waals surface area contributed by atoms with E-state index in [-0.39, 0.29) is 11.3 Å². The number of halogens is 2. The van der Waals surface area contributed by atoms with Crippen LogP contribution in [0.25, 0.3) is 10.2 Å². The van der Waals surface area contributed by atoms with Crippen LogP contribution in [0.2, 0.25) is 0 Å². The van der Waals surface area contributed by atoms with E-state index in [9.17, 15) is 18.4 Å². The molecule has 4 rings (SSSR count). The fourth-order valence-electron chi connectivity index (χ4n) is 3.63. The number of hydrogen-bond donors (Lipinski definition) is 1. The smallest absolute Gasteiger partial charge is 0.263 e. The maximum Gasteiger partial charge on any atom is 0.263 e. The molecule has 0 radical (unpaired) electrons. The second kappa shape index (κ2) is 9.46. The van der Waals surface area contributed by atoms with Crippen molar-refractivity contribution in [2.45, 2.75) is 37.4 Å². The standard InChI is InChI=1S/C21H21F2N3O3S2/c1-29-10-9-26-20(28)17-12-5-2-3-8-15(12)31-19(17)25-21(26)30-11-16(27)24-18-13(22)6-4-7-14(18)23/h4,6-7H,2-3,5,8-11H2,1H3,(H,24,27). The number of nitrogens with zero attached hydrogens (tertiary/aromatic N) is 2. The minimum absolute atomic E-state index is 0.135. The third kappa shape index (κ3) is 4.51. The first-order valence-electron chi connectivity index (χ1n) is 9.90. The number of para-hydroxylation sites is 1. The number of carbonyl (C=O) groups excluding carboxylic acids is 1. The zero-order chi connectivity index (χ0) is 22.0. The Morgan fingerprint density at radius 3 is 2.77 bits per heavy atom. The topological polar surface area (TPSA) is 73.2 Å². The van der Waals surface area contributed by atoms with Gasteiger partial charge in [-0.2, -0.15) is 0 Å². The highest BCUT2D eigenvalue weighted by Gasteiger charge is 2.22. The summed E-state index contributed by atoms with van der Waals surface area (Å²) >= 11 is 2.59. The lowest BCUT2D eigenvalue weighted by atomic mass is 9.97. The molecular formula is C21H21F2N3O3S2. The molecule has 1 aliphatic carbocycles. The number of thioether (sulfide) groups is 1. The molecule has 6 nitrogen and oxygen atoms in total. The summed E-state index contributed by atoms with van der Waals surface area (Å²) in [4.78, 5) is 32.1. The number of methoxy groups -OCH3 is 1. The average Bonchev–Trinajstić information content (AvgIpc) is 3.13. The highest BCUT2D eigenvalue weighted by atomic mass is 32.2. The van der Waals surface area contributed by atoms with E-state index < -0.39 is 23.2 Å². The summed E-state index contributed by atoms with van der Waals surface area (Å²) in [7, 11) is 1.55. The van der Waals surface area contributed by atoms with Crippen LogP contribution in [0.1, 0.15) is 23.3 Å². The number of hydrogen-bond acceptors (Lipinski definition) is 6. The van der Waals surface area contributed by atoms with Crippen LogP contribution in [0, 0.1) is 11.6 Å². The lowest BCUT2D eigenvalue weighted by molar-refractivity contribution is -0.113. The molecule has 1 amide bonds. The average molecular weight is 466 g/mol. The van der Waals surface area contributed by atoms with Crippen molar-refractivity contribution in [3.63, 3.8) is 0 Å². The fourth-order valence-corrected chi connectivity index (χ4v) is 5.76. The first-order chi connectivity index (χ1) is 15.0. The largest absolute Gasteiger partial charge is 0.383 e. The molecule has 31 heavy (non-hydrogen) atoms. The van der Waals surface area contributed by atoms with Crippen LogP contribution in [0.15, 0.2) is 28.2 Å². The Morgan fingerprint density at radius 2 is 2.03 bits per heavy atom. The number of aryl methyl sites for hydroxylation is 2. The normalized spacial score (nSPS) is 13.4. The SMILES string of the molecule is COCCn1c(SCC(=O)Nc2c(F)cccc2F)nc2sc3c(c2c1=O)CCCC3. The molecule has 0 atom stereocenters. The van der Waals surface area contributed by atoms with E-state index in [0.717, 1.165) is 55.1 Å². The molecule has 0 fully saturated rings. The van der Waals surface area contributed by atoms with E-state index in [1.807, 2.05) is 0 Å². The molecular weight excluding hydrogens is 444 g/mol. The van der Waals surface area contributed by atoms with Gasteiger partial charge in [-0.1, -0.05) is 17.8 Å². The Balaban J connectivity index is 1.61. The third-order valence-electron chi connectivity index (χ3n) is 5.12. The molecule has 0 spiro atoms. The predicted octanol–water partition coefficient (Wildman–Crippen LogP) is 3.99. The van der Waals surface area contributed by atoms with Crippen LogP contribution in [0.5, 0.6) is 0 Å². The quantitative estimate of drug-likeness (QED) is 0.422. The molecule has 0 saturated carbocycles. The van der Waals surface area contributed by atoms with Gasteiger partial charge in [0.05, 0.1) is 24.3 Å². The summed E-state index contributed by atoms with van der Waals surface area (Å²) in [5, 5.41) is 3.31. The molecule has 1 aromatic carbocycles. The van der Waals surface area contributed by atoms with Crippen molar-refractivity contribution in [3.05, 3.63) is 50.6 Å². The van der Waals surface area contributed by atoms with Gasteiger partial charge in [0.15, 0.2) is 5.16 Å². The second-order valence-electron chi connectivity index (χ2n) is 7.17. The first kappa shape index (κ1) is 21.9. The van der Waals surface area contributed by atoms with Crippen molar-refractivity contribution in [1.29, 1.82) is 0 Å². The number of fused-ring (bicyclic) bond motifs is 3. The molecule has 0 aliphatic heterocycles. The third-order valence-corrected chi connectivity index (χ3v) is 7.28. The number of aromatic nitrogens is 2. The van der Waals surface area contributed by atoms with Gasteiger partial charge in [-0.05, 0) is 43.4 Å². The van der Waals surface area contributed by atoms with Crippen molar-refractivity contribution in [2.75, 3.05) is 24.8 Å². The van der Waals surface area contributed by atoms with Crippen LogP contribution in [0.3, 0.4) is 0 Å². The van der Waals surface area contributed by atoms with Crippen molar-refractivity contribution < 1.29 is 18.3 Å². The molecule has 0 saturated heterocycles. The van der Waals surface area contributed by atoms with Gasteiger partial charge in [0.2, 0.25) is 5.91 Å². The Hall–Kier alpha value is -2.30. The molecule has 1 aliphatic rings. The highest BCUT2D eigenvalue weighted by molar-refractivity contribution is 7.99. The zero-order valence-corrected chi connectivity index (χ0v) is 18.5. The molecule has 10 heteroatoms. The van der Waals surface area contributed by atoms with Crippen LogP contribution < -0.4 is 10.9 Å². The summed E-state index contributed by atoms with van der Waals surface area (Å²) in [5.74, 6) is -2.44. The lowest BCUT2D eigenvalue weighted by Crippen LogP contribution is -2.26. The van der Waals surface area contributed by atoms with E-state index >= 15 is 0 Å². The second-order valence-corrected chi connectivity index (χ2v) is 9.19. The van der Waals surface area contributed by atoms with E-state index in [4.69, 9.17) is 4.74 Å². The van der Waals surface area contributed by atoms with Crippen molar-refractivity contribution in [1.82, 2.24) is 9.55 Å². The molecule has 0 unspecified atom stereocenters. The van der Waals surface area contributed by atoms with Gasteiger partial charge >= 0.3 is 0 Å². The van der Waals surface area contributed by atoms with E-state index in [2.05, 4.69) is 10.3 Å². The molecule has 2 heterocycles. The number of thiophene rings is 1. The molecule has 2 aromatic heterocycles. The van der Waals surface area contributed by atoms with E-state index in [1.54, 1.807) is 7.11 Å². The first-order valence-corrected chi connectivity index (χ1v) is 11.7. The summed E-state index contributed by atoms with van der Waals surface area (Å²) in [6.07, 6.45) is 3.98. The zero-order valence-electron chi connectivity index (χ0n) is 16.9. The van der Waals surface area contributed by atoms with Crippen LogP contribution in [0.4, 0.5) is 14.5 Å². The van der Waals surface area contributed by atoms with Crippen molar-refractivity contribution >= 4 is 44.9 Å². The molecule has 1 N–H and O–H groups in total. The maximum absolute atomic E-state index is 13.8. The summed E-state index contributed by atoms with van der Waals surface area (Å²) in [6.45, 7) is 0.619. The predicted molar refractivity (Wildman–Crippen MR) is 118 cm³/mol. The number of rotatable bonds is 7. The summed E-state index contributed by atoms with van der Waals surface area (Å²) in [6, 6.07) is 3.37. The van der Waals surface area contributed by atoms with Gasteiger partial charge in [-0.3, -0.25) is 14.2 Å². The number of carbonyl (C=O) groups is 1. The fraction of sp³-hybridized carbons (Fsp3) is 0.381. The van der Waals surface area contributed by atoms with Gasteiger partial charge in [0.25, 0.3) is 5.56 Å². The monoisotopic (exact) mass is 465 g/mol. The number of anilines is 1. The molecule has 3 aromatic rings. The molecule has 0 bridgehead atoms. The van der Waals surface area contributed by atoms with Gasteiger partial charge in [-0.25, -0.2) is 13.8 Å². The van der Waals surface area contributed by atoms with Crippen LogP contribution >= 0.6 is 23.1 Å². The van der Waals surface area contributed by atoms with Gasteiger partial charge in [0, 0.05) is 12.0 Å². The Morgan fingerprint density at radius 1 is 1.29 bits per heavy atom. The number of ether oxygens (including phenoxy) is 1. The molecule has 164 valence electrons. The van der Waals surface area contributed by atoms with Gasteiger partial charge in [-0.15, -0.1) is 11.3 Å². The van der Waals surface area contributed by atoms with Crippen LogP contribution in [-0.2, 0) is 28.9 Å². The minimum atomic E-state index is -0.848. The lowest BCUT2D eigenvalue weighted by Gasteiger charge is -2.13. The van der Waals surface area contributed by atoms with Gasteiger partial charge < -0.3 is 10.1 Å². The Kier molecular flexibility index (Phi) is 6.68. The Bertz CT molecular complexity index is 1170.